The van der Waals surface area contributed by atoms with Crippen molar-refractivity contribution in [3.63, 3.8) is 0 Å². The lowest BCUT2D eigenvalue weighted by Crippen LogP contribution is -2.49. The first-order valence-electron chi connectivity index (χ1n) is 6.90. The van der Waals surface area contributed by atoms with Crippen molar-refractivity contribution in [1.29, 1.82) is 0 Å². The molecule has 2 aromatic heterocycles. The SMILES string of the molecule is O=C(CN1Cc2[nH]cnc2C[C@H]1C(=O)O)NCc1cccs1. The number of H-pyrrole nitrogens is 1. The number of carbonyl (C=O) groups excluding carboxylic acids is 1. The van der Waals surface area contributed by atoms with Crippen LogP contribution < -0.4 is 5.32 Å². The molecule has 1 aliphatic heterocycles. The minimum atomic E-state index is -0.931. The molecule has 1 aliphatic rings. The number of carboxylic acid groups (broad SMARTS) is 1. The number of nitrogens with zero attached hydrogens (tertiary/aromatic N) is 2. The molecule has 116 valence electrons. The normalized spacial score (nSPS) is 17.9. The van der Waals surface area contributed by atoms with Crippen LogP contribution in [-0.2, 0) is 29.1 Å². The molecule has 0 bridgehead atoms. The van der Waals surface area contributed by atoms with Gasteiger partial charge in [0.05, 0.1) is 30.8 Å². The minimum Gasteiger partial charge on any atom is -0.480 e. The summed E-state index contributed by atoms with van der Waals surface area (Å²) in [6.45, 7) is 0.914. The number of hydrogen-bond donors (Lipinski definition) is 3. The van der Waals surface area contributed by atoms with E-state index in [-0.39, 0.29) is 12.5 Å². The number of aliphatic carboxylic acids is 1. The second-order valence-electron chi connectivity index (χ2n) is 5.15. The molecular formula is C14H16N4O3S. The van der Waals surface area contributed by atoms with E-state index in [1.54, 1.807) is 22.6 Å². The molecule has 1 amide bonds. The third-order valence-corrected chi connectivity index (χ3v) is 4.54. The van der Waals surface area contributed by atoms with E-state index in [4.69, 9.17) is 0 Å². The van der Waals surface area contributed by atoms with Crippen molar-refractivity contribution in [3.8, 4) is 0 Å². The Bertz CT molecular complexity index is 667. The summed E-state index contributed by atoms with van der Waals surface area (Å²) in [5.74, 6) is -1.11. The number of carboxylic acids is 1. The fraction of sp³-hybridized carbons (Fsp3) is 0.357. The Morgan fingerprint density at radius 1 is 1.55 bits per heavy atom. The van der Waals surface area contributed by atoms with Crippen LogP contribution in [0.1, 0.15) is 16.3 Å². The van der Waals surface area contributed by atoms with Gasteiger partial charge in [-0.3, -0.25) is 14.5 Å². The molecule has 0 saturated heterocycles. The number of rotatable bonds is 5. The van der Waals surface area contributed by atoms with Gasteiger partial charge in [-0.15, -0.1) is 11.3 Å². The fourth-order valence-corrected chi connectivity index (χ4v) is 3.18. The highest BCUT2D eigenvalue weighted by Gasteiger charge is 2.33. The van der Waals surface area contributed by atoms with Crippen LogP contribution in [0, 0.1) is 0 Å². The van der Waals surface area contributed by atoms with Crippen LogP contribution >= 0.6 is 11.3 Å². The summed E-state index contributed by atoms with van der Waals surface area (Å²) in [4.78, 5) is 33.3. The predicted molar refractivity (Wildman–Crippen MR) is 80.3 cm³/mol. The van der Waals surface area contributed by atoms with E-state index < -0.39 is 12.0 Å². The minimum absolute atomic E-state index is 0.0564. The van der Waals surface area contributed by atoms with Crippen molar-refractivity contribution in [2.24, 2.45) is 0 Å². The number of amides is 1. The maximum absolute atomic E-state index is 12.1. The largest absolute Gasteiger partial charge is 0.480 e. The quantitative estimate of drug-likeness (QED) is 0.749. The first-order valence-corrected chi connectivity index (χ1v) is 7.78. The number of aromatic amines is 1. The number of fused-ring (bicyclic) bond motifs is 1. The van der Waals surface area contributed by atoms with Crippen LogP contribution in [0.3, 0.4) is 0 Å². The van der Waals surface area contributed by atoms with Gasteiger partial charge in [-0.25, -0.2) is 4.98 Å². The predicted octanol–water partition coefficient (Wildman–Crippen LogP) is 0.599. The standard InChI is InChI=1S/C14H16N4O3S/c19-13(15-5-9-2-1-3-22-9)7-18-6-11-10(16-8-17-11)4-12(18)14(20)21/h1-3,8,12H,4-7H2,(H,15,19)(H,16,17)(H,20,21)/t12-/m0/s1. The number of thiophene rings is 1. The van der Waals surface area contributed by atoms with Crippen molar-refractivity contribution < 1.29 is 14.7 Å². The summed E-state index contributed by atoms with van der Waals surface area (Å²) in [5.41, 5.74) is 1.64. The molecule has 0 radical (unpaired) electrons. The van der Waals surface area contributed by atoms with E-state index in [1.807, 2.05) is 17.5 Å². The molecule has 3 N–H and O–H groups in total. The van der Waals surface area contributed by atoms with Gasteiger partial charge < -0.3 is 15.4 Å². The Morgan fingerprint density at radius 2 is 2.41 bits per heavy atom. The van der Waals surface area contributed by atoms with Gasteiger partial charge in [0, 0.05) is 17.8 Å². The zero-order valence-corrected chi connectivity index (χ0v) is 12.6. The number of carbonyl (C=O) groups is 2. The van der Waals surface area contributed by atoms with Gasteiger partial charge in [-0.05, 0) is 11.4 Å². The smallest absolute Gasteiger partial charge is 0.321 e. The Labute approximate surface area is 131 Å². The number of aromatic nitrogens is 2. The van der Waals surface area contributed by atoms with Crippen LogP contribution in [0.5, 0.6) is 0 Å². The zero-order valence-electron chi connectivity index (χ0n) is 11.8. The van der Waals surface area contributed by atoms with Crippen molar-refractivity contribution in [2.45, 2.75) is 25.6 Å². The molecule has 22 heavy (non-hydrogen) atoms. The Kier molecular flexibility index (Phi) is 4.21. The molecule has 3 rings (SSSR count). The summed E-state index contributed by atoms with van der Waals surface area (Å²) >= 11 is 1.57. The van der Waals surface area contributed by atoms with Crippen molar-refractivity contribution in [2.75, 3.05) is 6.54 Å². The van der Waals surface area contributed by atoms with E-state index >= 15 is 0 Å². The lowest BCUT2D eigenvalue weighted by atomic mass is 10.0. The zero-order chi connectivity index (χ0) is 15.5. The van der Waals surface area contributed by atoms with Crippen LogP contribution in [0.2, 0.25) is 0 Å². The molecule has 0 unspecified atom stereocenters. The van der Waals surface area contributed by atoms with E-state index in [1.165, 1.54) is 0 Å². The molecule has 0 saturated carbocycles. The third kappa shape index (κ3) is 3.18. The molecule has 2 aromatic rings. The highest BCUT2D eigenvalue weighted by molar-refractivity contribution is 7.09. The summed E-state index contributed by atoms with van der Waals surface area (Å²) in [6.07, 6.45) is 1.87. The van der Waals surface area contributed by atoms with Crippen LogP contribution in [0.15, 0.2) is 23.8 Å². The Hall–Kier alpha value is -2.19. The third-order valence-electron chi connectivity index (χ3n) is 3.67. The van der Waals surface area contributed by atoms with Crippen molar-refractivity contribution >= 4 is 23.2 Å². The highest BCUT2D eigenvalue weighted by atomic mass is 32.1. The highest BCUT2D eigenvalue weighted by Crippen LogP contribution is 2.20. The van der Waals surface area contributed by atoms with Gasteiger partial charge >= 0.3 is 5.97 Å². The van der Waals surface area contributed by atoms with Gasteiger partial charge in [-0.2, -0.15) is 0 Å². The summed E-state index contributed by atoms with van der Waals surface area (Å²) < 4.78 is 0. The topological polar surface area (TPSA) is 98.3 Å². The fourth-order valence-electron chi connectivity index (χ4n) is 2.54. The molecule has 1 atom stereocenters. The van der Waals surface area contributed by atoms with Crippen LogP contribution in [-0.4, -0.2) is 44.4 Å². The molecule has 8 heteroatoms. The summed E-state index contributed by atoms with van der Waals surface area (Å²) in [6, 6.07) is 3.16. The van der Waals surface area contributed by atoms with E-state index in [2.05, 4.69) is 15.3 Å². The van der Waals surface area contributed by atoms with Crippen LogP contribution in [0.25, 0.3) is 0 Å². The molecule has 0 spiro atoms. The molecule has 7 nitrogen and oxygen atoms in total. The lowest BCUT2D eigenvalue weighted by molar-refractivity contribution is -0.144. The van der Waals surface area contributed by atoms with E-state index in [9.17, 15) is 14.7 Å². The average molecular weight is 320 g/mol. The first kappa shape index (κ1) is 14.7. The van der Waals surface area contributed by atoms with Gasteiger partial charge in [0.25, 0.3) is 0 Å². The average Bonchev–Trinajstić information content (AvgIpc) is 3.15. The Balaban J connectivity index is 1.62. The monoisotopic (exact) mass is 320 g/mol. The summed E-state index contributed by atoms with van der Waals surface area (Å²) in [7, 11) is 0. The van der Waals surface area contributed by atoms with Gasteiger partial charge in [-0.1, -0.05) is 6.07 Å². The van der Waals surface area contributed by atoms with Gasteiger partial charge in [0.15, 0.2) is 0 Å². The number of imidazole rings is 1. The summed E-state index contributed by atoms with van der Waals surface area (Å²) in [5, 5.41) is 14.1. The number of nitrogens with one attached hydrogen (secondary N) is 2. The van der Waals surface area contributed by atoms with E-state index in [0.717, 1.165) is 16.3 Å². The van der Waals surface area contributed by atoms with Crippen molar-refractivity contribution in [1.82, 2.24) is 20.2 Å². The number of hydrogen-bond acceptors (Lipinski definition) is 5. The maximum atomic E-state index is 12.1. The molecule has 0 fully saturated rings. The second-order valence-corrected chi connectivity index (χ2v) is 6.18. The Morgan fingerprint density at radius 3 is 3.14 bits per heavy atom. The second kappa shape index (κ2) is 6.29. The van der Waals surface area contributed by atoms with Crippen LogP contribution in [0.4, 0.5) is 0 Å². The molecular weight excluding hydrogens is 304 g/mol. The first-order chi connectivity index (χ1) is 10.6. The lowest BCUT2D eigenvalue weighted by Gasteiger charge is -2.31. The van der Waals surface area contributed by atoms with Gasteiger partial charge in [0.2, 0.25) is 5.91 Å². The van der Waals surface area contributed by atoms with Crippen molar-refractivity contribution in [3.05, 3.63) is 40.1 Å². The maximum Gasteiger partial charge on any atom is 0.321 e. The molecule has 0 aliphatic carbocycles. The van der Waals surface area contributed by atoms with E-state index in [0.29, 0.717) is 19.5 Å². The molecule has 3 heterocycles. The van der Waals surface area contributed by atoms with Gasteiger partial charge in [0.1, 0.15) is 6.04 Å². The molecule has 0 aromatic carbocycles.